The molecule has 0 saturated carbocycles. The van der Waals surface area contributed by atoms with Crippen LogP contribution in [0.5, 0.6) is 0 Å². The summed E-state index contributed by atoms with van der Waals surface area (Å²) in [5, 5.41) is 12.4. The molecule has 3 aromatic rings. The molecule has 2 N–H and O–H groups in total. The highest BCUT2D eigenvalue weighted by Gasteiger charge is 2.06. The molecule has 0 spiro atoms. The maximum absolute atomic E-state index is 12.9. The first-order valence-electron chi connectivity index (χ1n) is 6.59. The third-order valence-electron chi connectivity index (χ3n) is 2.98. The lowest BCUT2D eigenvalue weighted by Crippen LogP contribution is -1.95. The Hall–Kier alpha value is -2.38. The molecule has 0 bridgehead atoms. The first-order chi connectivity index (χ1) is 11.1. The van der Waals surface area contributed by atoms with E-state index >= 15 is 0 Å². The van der Waals surface area contributed by atoms with Gasteiger partial charge >= 0.3 is 5.97 Å². The Morgan fingerprint density at radius 1 is 1.13 bits per heavy atom. The van der Waals surface area contributed by atoms with Crippen LogP contribution in [0.2, 0.25) is 0 Å². The van der Waals surface area contributed by atoms with Crippen molar-refractivity contribution in [2.75, 3.05) is 4.72 Å². The summed E-state index contributed by atoms with van der Waals surface area (Å²) in [5.74, 6) is -1.22. The van der Waals surface area contributed by atoms with E-state index in [2.05, 4.69) is 9.71 Å². The van der Waals surface area contributed by atoms with E-state index in [1.807, 2.05) is 5.38 Å². The molecule has 0 radical (unpaired) electrons. The van der Waals surface area contributed by atoms with Crippen LogP contribution in [0.1, 0.15) is 10.4 Å². The van der Waals surface area contributed by atoms with Crippen LogP contribution in [0.3, 0.4) is 0 Å². The number of carboxylic acid groups (broad SMARTS) is 1. The SMILES string of the molecule is O=C(O)c1ccc(NSc2csc(-c3ccc(F)cc3)n2)cc1. The van der Waals surface area contributed by atoms with Crippen LogP contribution in [0.4, 0.5) is 10.1 Å². The molecule has 0 aliphatic carbocycles. The Morgan fingerprint density at radius 3 is 2.48 bits per heavy atom. The number of carboxylic acids is 1. The number of nitrogens with one attached hydrogen (secondary N) is 1. The van der Waals surface area contributed by atoms with Gasteiger partial charge in [0.05, 0.1) is 5.56 Å². The number of carbonyl (C=O) groups is 1. The van der Waals surface area contributed by atoms with Gasteiger partial charge in [-0.15, -0.1) is 11.3 Å². The third-order valence-corrected chi connectivity index (χ3v) is 4.78. The van der Waals surface area contributed by atoms with Crippen molar-refractivity contribution >= 4 is 34.9 Å². The Bertz CT molecular complexity index is 817. The second kappa shape index (κ2) is 6.80. The molecule has 2 aromatic carbocycles. The minimum atomic E-state index is -0.951. The van der Waals surface area contributed by atoms with E-state index in [0.717, 1.165) is 21.3 Å². The molecule has 0 unspecified atom stereocenters. The average Bonchev–Trinajstić information content (AvgIpc) is 3.03. The summed E-state index contributed by atoms with van der Waals surface area (Å²) in [5.41, 5.74) is 1.90. The minimum Gasteiger partial charge on any atom is -0.478 e. The fourth-order valence-corrected chi connectivity index (χ4v) is 3.40. The Kier molecular flexibility index (Phi) is 4.59. The van der Waals surface area contributed by atoms with Crippen LogP contribution in [-0.2, 0) is 0 Å². The van der Waals surface area contributed by atoms with Crippen LogP contribution < -0.4 is 4.72 Å². The highest BCUT2D eigenvalue weighted by molar-refractivity contribution is 8.00. The largest absolute Gasteiger partial charge is 0.478 e. The molecule has 0 saturated heterocycles. The van der Waals surface area contributed by atoms with E-state index in [-0.39, 0.29) is 11.4 Å². The lowest BCUT2D eigenvalue weighted by Gasteiger charge is -2.03. The zero-order chi connectivity index (χ0) is 16.2. The summed E-state index contributed by atoms with van der Waals surface area (Å²) < 4.78 is 16.0. The predicted molar refractivity (Wildman–Crippen MR) is 90.4 cm³/mol. The van der Waals surface area contributed by atoms with Crippen LogP contribution in [0.15, 0.2) is 58.9 Å². The standard InChI is InChI=1S/C16H11FN2O2S2/c17-12-5-1-10(2-6-12)15-18-14(9-22-15)23-19-13-7-3-11(4-8-13)16(20)21/h1-9,19H,(H,20,21). The minimum absolute atomic E-state index is 0.243. The van der Waals surface area contributed by atoms with Crippen molar-refractivity contribution in [3.63, 3.8) is 0 Å². The van der Waals surface area contributed by atoms with Crippen molar-refractivity contribution < 1.29 is 14.3 Å². The van der Waals surface area contributed by atoms with Crippen molar-refractivity contribution in [3.05, 3.63) is 65.3 Å². The van der Waals surface area contributed by atoms with Gasteiger partial charge < -0.3 is 9.83 Å². The number of thiazole rings is 1. The molecule has 0 aliphatic rings. The number of hydrogen-bond donors (Lipinski definition) is 2. The number of benzene rings is 2. The lowest BCUT2D eigenvalue weighted by molar-refractivity contribution is 0.0697. The summed E-state index contributed by atoms with van der Waals surface area (Å²) in [6.07, 6.45) is 0. The maximum atomic E-state index is 12.9. The molecule has 1 aromatic heterocycles. The normalized spacial score (nSPS) is 10.5. The van der Waals surface area contributed by atoms with Crippen molar-refractivity contribution in [2.45, 2.75) is 5.03 Å². The number of aromatic nitrogens is 1. The topological polar surface area (TPSA) is 62.2 Å². The molecular weight excluding hydrogens is 335 g/mol. The van der Waals surface area contributed by atoms with Gasteiger partial charge in [0.1, 0.15) is 15.9 Å². The zero-order valence-corrected chi connectivity index (χ0v) is 13.3. The molecule has 3 rings (SSSR count). The van der Waals surface area contributed by atoms with Crippen molar-refractivity contribution in [1.82, 2.24) is 4.98 Å². The highest BCUT2D eigenvalue weighted by atomic mass is 32.2. The van der Waals surface area contributed by atoms with E-state index in [1.165, 1.54) is 47.6 Å². The first kappa shape index (κ1) is 15.5. The summed E-state index contributed by atoms with van der Waals surface area (Å²) in [6.45, 7) is 0. The lowest BCUT2D eigenvalue weighted by atomic mass is 10.2. The molecule has 1 heterocycles. The zero-order valence-electron chi connectivity index (χ0n) is 11.7. The van der Waals surface area contributed by atoms with Crippen LogP contribution in [0, 0.1) is 5.82 Å². The van der Waals surface area contributed by atoms with E-state index < -0.39 is 5.97 Å². The first-order valence-corrected chi connectivity index (χ1v) is 8.29. The number of aromatic carboxylic acids is 1. The van der Waals surface area contributed by atoms with Gasteiger partial charge in [-0.05, 0) is 48.5 Å². The predicted octanol–water partition coefficient (Wildman–Crippen LogP) is 4.77. The smallest absolute Gasteiger partial charge is 0.335 e. The summed E-state index contributed by atoms with van der Waals surface area (Å²) in [6, 6.07) is 12.7. The fourth-order valence-electron chi connectivity index (χ4n) is 1.82. The summed E-state index contributed by atoms with van der Waals surface area (Å²) >= 11 is 2.81. The van der Waals surface area contributed by atoms with E-state index in [1.54, 1.807) is 24.3 Å². The molecular formula is C16H11FN2O2S2. The molecule has 0 amide bonds. The molecule has 23 heavy (non-hydrogen) atoms. The maximum Gasteiger partial charge on any atom is 0.335 e. The van der Waals surface area contributed by atoms with Crippen molar-refractivity contribution in [1.29, 1.82) is 0 Å². The number of nitrogens with zero attached hydrogens (tertiary/aromatic N) is 1. The number of hydrogen-bond acceptors (Lipinski definition) is 5. The van der Waals surface area contributed by atoms with Gasteiger partial charge in [-0.25, -0.2) is 14.2 Å². The molecule has 7 heteroatoms. The summed E-state index contributed by atoms with van der Waals surface area (Å²) in [4.78, 5) is 15.3. The Balaban J connectivity index is 1.65. The van der Waals surface area contributed by atoms with E-state index in [0.29, 0.717) is 0 Å². The molecule has 0 atom stereocenters. The van der Waals surface area contributed by atoms with Crippen molar-refractivity contribution in [3.8, 4) is 10.6 Å². The number of halogens is 1. The average molecular weight is 346 g/mol. The van der Waals surface area contributed by atoms with Crippen LogP contribution in [-0.4, -0.2) is 16.1 Å². The fraction of sp³-hybridized carbons (Fsp3) is 0. The van der Waals surface area contributed by atoms with Gasteiger partial charge in [0.15, 0.2) is 0 Å². The molecule has 0 fully saturated rings. The van der Waals surface area contributed by atoms with Crippen LogP contribution >= 0.6 is 23.3 Å². The van der Waals surface area contributed by atoms with Gasteiger partial charge in [0.25, 0.3) is 0 Å². The third kappa shape index (κ3) is 3.88. The van der Waals surface area contributed by atoms with E-state index in [4.69, 9.17) is 5.11 Å². The molecule has 0 aliphatic heterocycles. The second-order valence-corrected chi connectivity index (χ2v) is 6.27. The van der Waals surface area contributed by atoms with Gasteiger partial charge in [-0.3, -0.25) is 0 Å². The Morgan fingerprint density at radius 2 is 1.83 bits per heavy atom. The number of anilines is 1. The van der Waals surface area contributed by atoms with Crippen LogP contribution in [0.25, 0.3) is 10.6 Å². The van der Waals surface area contributed by atoms with Gasteiger partial charge in [0.2, 0.25) is 0 Å². The second-order valence-electron chi connectivity index (χ2n) is 4.58. The Labute approximate surface area is 140 Å². The number of rotatable bonds is 5. The van der Waals surface area contributed by atoms with Gasteiger partial charge in [0, 0.05) is 28.6 Å². The highest BCUT2D eigenvalue weighted by Crippen LogP contribution is 2.29. The van der Waals surface area contributed by atoms with Crippen molar-refractivity contribution in [2.24, 2.45) is 0 Å². The molecule has 116 valence electrons. The van der Waals surface area contributed by atoms with Gasteiger partial charge in [-0.2, -0.15) is 0 Å². The quantitative estimate of drug-likeness (QED) is 0.652. The van der Waals surface area contributed by atoms with E-state index in [9.17, 15) is 9.18 Å². The monoisotopic (exact) mass is 346 g/mol. The van der Waals surface area contributed by atoms with Gasteiger partial charge in [-0.1, -0.05) is 0 Å². The molecule has 4 nitrogen and oxygen atoms in total. The summed E-state index contributed by atoms with van der Waals surface area (Å²) in [7, 11) is 0.